The van der Waals surface area contributed by atoms with Crippen LogP contribution in [0, 0.1) is 0 Å². The fraction of sp³-hybridized carbons (Fsp3) is 0.222. The van der Waals surface area contributed by atoms with Gasteiger partial charge in [-0.2, -0.15) is 0 Å². The van der Waals surface area contributed by atoms with Gasteiger partial charge in [-0.15, -0.1) is 0 Å². The smallest absolute Gasteiger partial charge is 0.187 e. The Morgan fingerprint density at radius 1 is 0.806 bits per heavy atom. The zero-order valence-electron chi connectivity index (χ0n) is 17.9. The van der Waals surface area contributed by atoms with E-state index >= 15 is 0 Å². The summed E-state index contributed by atoms with van der Waals surface area (Å²) in [5, 5.41) is 0. The maximum Gasteiger partial charge on any atom is 0.187 e. The quantitative estimate of drug-likeness (QED) is 0.412. The van der Waals surface area contributed by atoms with E-state index in [0.29, 0.717) is 5.56 Å². The van der Waals surface area contributed by atoms with Crippen molar-refractivity contribution in [3.63, 3.8) is 0 Å². The van der Waals surface area contributed by atoms with Gasteiger partial charge < -0.3 is 9.64 Å². The summed E-state index contributed by atoms with van der Waals surface area (Å²) in [5.74, 6) is 0.763. The molecular formula is C27H28N2O2. The highest BCUT2D eigenvalue weighted by Gasteiger charge is 2.25. The van der Waals surface area contributed by atoms with E-state index in [1.54, 1.807) is 25.3 Å². The lowest BCUT2D eigenvalue weighted by Crippen LogP contribution is -2.45. The van der Waals surface area contributed by atoms with Crippen LogP contribution in [0.4, 0.5) is 0 Å². The Bertz CT molecular complexity index is 953. The summed E-state index contributed by atoms with van der Waals surface area (Å²) in [5.41, 5.74) is 3.30. The van der Waals surface area contributed by atoms with Crippen LogP contribution in [0.1, 0.15) is 27.5 Å². The molecule has 31 heavy (non-hydrogen) atoms. The predicted molar refractivity (Wildman–Crippen MR) is 124 cm³/mol. The molecule has 3 aromatic rings. The third-order valence-electron chi connectivity index (χ3n) is 5.76. The lowest BCUT2D eigenvalue weighted by molar-refractivity contribution is 0.104. The molecule has 4 nitrogen and oxygen atoms in total. The molecule has 0 atom stereocenters. The minimum Gasteiger partial charge on any atom is -0.497 e. The Labute approximate surface area is 184 Å². The van der Waals surface area contributed by atoms with E-state index < -0.39 is 0 Å². The number of nitrogens with zero attached hydrogens (tertiary/aromatic N) is 2. The predicted octanol–water partition coefficient (Wildman–Crippen LogP) is 4.80. The molecule has 0 aromatic heterocycles. The lowest BCUT2D eigenvalue weighted by Gasteiger charge is -2.39. The summed E-state index contributed by atoms with van der Waals surface area (Å²) >= 11 is 0. The van der Waals surface area contributed by atoms with Crippen molar-refractivity contribution in [1.82, 2.24) is 9.80 Å². The fourth-order valence-electron chi connectivity index (χ4n) is 4.05. The van der Waals surface area contributed by atoms with Gasteiger partial charge in [-0.05, 0) is 35.4 Å². The summed E-state index contributed by atoms with van der Waals surface area (Å²) in [6.45, 7) is 3.66. The molecular weight excluding hydrogens is 384 g/mol. The minimum absolute atomic E-state index is 0.0107. The van der Waals surface area contributed by atoms with E-state index in [1.807, 2.05) is 18.3 Å². The number of carbonyl (C=O) groups excluding carboxylic acids is 1. The van der Waals surface area contributed by atoms with Crippen molar-refractivity contribution in [2.75, 3.05) is 33.3 Å². The highest BCUT2D eigenvalue weighted by Crippen LogP contribution is 2.29. The van der Waals surface area contributed by atoms with Crippen LogP contribution in [0.25, 0.3) is 0 Å². The molecule has 0 unspecified atom stereocenters. The number of piperazine rings is 1. The van der Waals surface area contributed by atoms with E-state index in [9.17, 15) is 4.79 Å². The average molecular weight is 413 g/mol. The standard InChI is InChI=1S/C27H28N2O2/c1-31-25-14-12-22(13-15-25)26(30)16-17-28-18-20-29(21-19-28)27(23-8-4-2-5-9-23)24-10-6-3-7-11-24/h2-17,27H,18-21H2,1H3/b17-16+. The molecule has 0 amide bonds. The molecule has 4 rings (SSSR count). The molecule has 0 radical (unpaired) electrons. The highest BCUT2D eigenvalue weighted by molar-refractivity contribution is 6.04. The minimum atomic E-state index is 0.0107. The van der Waals surface area contributed by atoms with Crippen molar-refractivity contribution >= 4 is 5.78 Å². The molecule has 1 saturated heterocycles. The molecule has 0 N–H and O–H groups in total. The Hall–Kier alpha value is -3.37. The molecule has 4 heteroatoms. The third-order valence-corrected chi connectivity index (χ3v) is 5.76. The van der Waals surface area contributed by atoms with E-state index in [0.717, 1.165) is 31.9 Å². The van der Waals surface area contributed by atoms with Crippen molar-refractivity contribution in [2.24, 2.45) is 0 Å². The van der Waals surface area contributed by atoms with Crippen molar-refractivity contribution in [1.29, 1.82) is 0 Å². The van der Waals surface area contributed by atoms with Crippen LogP contribution in [-0.4, -0.2) is 48.9 Å². The first kappa shape index (κ1) is 20.9. The number of hydrogen-bond acceptors (Lipinski definition) is 4. The molecule has 0 saturated carbocycles. The molecule has 1 aliphatic heterocycles. The zero-order valence-corrected chi connectivity index (χ0v) is 17.9. The van der Waals surface area contributed by atoms with Crippen molar-refractivity contribution in [3.8, 4) is 5.75 Å². The third kappa shape index (κ3) is 5.22. The van der Waals surface area contributed by atoms with Crippen molar-refractivity contribution < 1.29 is 9.53 Å². The van der Waals surface area contributed by atoms with Gasteiger partial charge in [0, 0.05) is 44.0 Å². The Balaban J connectivity index is 1.40. The number of benzene rings is 3. The van der Waals surface area contributed by atoms with Crippen LogP contribution in [0.15, 0.2) is 97.2 Å². The van der Waals surface area contributed by atoms with Crippen LogP contribution in [-0.2, 0) is 0 Å². The number of carbonyl (C=O) groups is 1. The zero-order chi connectivity index (χ0) is 21.5. The summed E-state index contributed by atoms with van der Waals surface area (Å²) in [7, 11) is 1.62. The molecule has 3 aromatic carbocycles. The second-order valence-corrected chi connectivity index (χ2v) is 7.70. The number of ketones is 1. The van der Waals surface area contributed by atoms with Crippen LogP contribution >= 0.6 is 0 Å². The highest BCUT2D eigenvalue weighted by atomic mass is 16.5. The molecule has 1 aliphatic rings. The van der Waals surface area contributed by atoms with Crippen LogP contribution in [0.5, 0.6) is 5.75 Å². The van der Waals surface area contributed by atoms with Gasteiger partial charge in [-0.25, -0.2) is 0 Å². The van der Waals surface area contributed by atoms with Gasteiger partial charge in [-0.3, -0.25) is 9.69 Å². The molecule has 1 heterocycles. The molecule has 0 aliphatic carbocycles. The van der Waals surface area contributed by atoms with Crippen LogP contribution in [0.3, 0.4) is 0 Å². The maximum absolute atomic E-state index is 12.5. The number of methoxy groups -OCH3 is 1. The topological polar surface area (TPSA) is 32.8 Å². The average Bonchev–Trinajstić information content (AvgIpc) is 2.85. The number of rotatable bonds is 7. The Morgan fingerprint density at radius 2 is 1.35 bits per heavy atom. The fourth-order valence-corrected chi connectivity index (χ4v) is 4.05. The largest absolute Gasteiger partial charge is 0.497 e. The monoisotopic (exact) mass is 412 g/mol. The normalized spacial score (nSPS) is 14.8. The molecule has 0 spiro atoms. The Morgan fingerprint density at radius 3 is 1.87 bits per heavy atom. The first-order valence-corrected chi connectivity index (χ1v) is 10.7. The van der Waals surface area contributed by atoms with E-state index in [1.165, 1.54) is 11.1 Å². The second kappa shape index (κ2) is 10.1. The lowest BCUT2D eigenvalue weighted by atomic mass is 9.96. The van der Waals surface area contributed by atoms with Gasteiger partial charge in [0.1, 0.15) is 5.75 Å². The van der Waals surface area contributed by atoms with Gasteiger partial charge in [0.15, 0.2) is 5.78 Å². The number of ether oxygens (including phenoxy) is 1. The van der Waals surface area contributed by atoms with Crippen molar-refractivity contribution in [3.05, 3.63) is 114 Å². The van der Waals surface area contributed by atoms with Gasteiger partial charge in [0.25, 0.3) is 0 Å². The molecule has 1 fully saturated rings. The van der Waals surface area contributed by atoms with Crippen LogP contribution in [0.2, 0.25) is 0 Å². The number of hydrogen-bond donors (Lipinski definition) is 0. The second-order valence-electron chi connectivity index (χ2n) is 7.70. The Kier molecular flexibility index (Phi) is 6.80. The molecule has 158 valence electrons. The SMILES string of the molecule is COc1ccc(C(=O)/C=C/N2CCN(C(c3ccccc3)c3ccccc3)CC2)cc1. The maximum atomic E-state index is 12.5. The summed E-state index contributed by atoms with van der Waals surface area (Å²) in [6.07, 6.45) is 3.60. The van der Waals surface area contributed by atoms with Crippen LogP contribution < -0.4 is 4.74 Å². The van der Waals surface area contributed by atoms with Gasteiger partial charge >= 0.3 is 0 Å². The van der Waals surface area contributed by atoms with Gasteiger partial charge in [-0.1, -0.05) is 60.7 Å². The van der Waals surface area contributed by atoms with E-state index in [4.69, 9.17) is 4.74 Å². The van der Waals surface area contributed by atoms with Gasteiger partial charge in [0.05, 0.1) is 13.2 Å². The van der Waals surface area contributed by atoms with Crippen molar-refractivity contribution in [2.45, 2.75) is 6.04 Å². The van der Waals surface area contributed by atoms with E-state index in [2.05, 4.69) is 70.5 Å². The summed E-state index contributed by atoms with van der Waals surface area (Å²) in [6, 6.07) is 28.8. The summed E-state index contributed by atoms with van der Waals surface area (Å²) in [4.78, 5) is 17.2. The number of allylic oxidation sites excluding steroid dienone is 1. The molecule has 0 bridgehead atoms. The summed E-state index contributed by atoms with van der Waals surface area (Å²) < 4.78 is 5.16. The van der Waals surface area contributed by atoms with Gasteiger partial charge in [0.2, 0.25) is 0 Å². The first-order chi connectivity index (χ1) is 15.2. The van der Waals surface area contributed by atoms with E-state index in [-0.39, 0.29) is 11.8 Å². The first-order valence-electron chi connectivity index (χ1n) is 10.7.